The van der Waals surface area contributed by atoms with Gasteiger partial charge in [-0.15, -0.1) is 0 Å². The Bertz CT molecular complexity index is 604. The number of hydrogen-bond donors (Lipinski definition) is 1. The molecular weight excluding hydrogens is 312 g/mol. The van der Waals surface area contributed by atoms with Gasteiger partial charge in [0.15, 0.2) is 0 Å². The monoisotopic (exact) mass is 323 g/mol. The third kappa shape index (κ3) is 2.37. The fourth-order valence-corrected chi connectivity index (χ4v) is 3.08. The lowest BCUT2D eigenvalue weighted by Crippen LogP contribution is -2.09. The number of fused-ring (bicyclic) bond motifs is 1. The fraction of sp³-hybridized carbons (Fsp3) is 0.200. The van der Waals surface area contributed by atoms with Crippen LogP contribution in [0.2, 0.25) is 0 Å². The number of rotatable bonds is 2. The van der Waals surface area contributed by atoms with Crippen LogP contribution in [0, 0.1) is 11.6 Å². The number of aryl methyl sites for hydroxylation is 1. The number of benzene rings is 2. The molecule has 3 rings (SSSR count). The van der Waals surface area contributed by atoms with Crippen LogP contribution in [0.15, 0.2) is 40.9 Å². The van der Waals surface area contributed by atoms with Crippen LogP contribution in [-0.2, 0) is 6.42 Å². The molecule has 1 N–H and O–H groups in total. The summed E-state index contributed by atoms with van der Waals surface area (Å²) in [5.41, 5.74) is 2.81. The Labute approximate surface area is 118 Å². The van der Waals surface area contributed by atoms with Crippen LogP contribution in [-0.4, -0.2) is 0 Å². The van der Waals surface area contributed by atoms with Gasteiger partial charge in [0.05, 0.1) is 11.7 Å². The Balaban J connectivity index is 1.92. The number of anilines is 1. The van der Waals surface area contributed by atoms with E-state index in [1.54, 1.807) is 0 Å². The van der Waals surface area contributed by atoms with Crippen molar-refractivity contribution in [2.75, 3.05) is 5.32 Å². The molecule has 0 aliphatic heterocycles. The molecule has 0 radical (unpaired) electrons. The predicted molar refractivity (Wildman–Crippen MR) is 75.2 cm³/mol. The highest BCUT2D eigenvalue weighted by Gasteiger charge is 2.23. The molecule has 4 heteroatoms. The summed E-state index contributed by atoms with van der Waals surface area (Å²) in [4.78, 5) is 0. The van der Waals surface area contributed by atoms with Gasteiger partial charge in [-0.1, -0.05) is 24.3 Å². The minimum Gasteiger partial charge on any atom is -0.375 e. The molecule has 1 aliphatic carbocycles. The Morgan fingerprint density at radius 2 is 1.95 bits per heavy atom. The quantitative estimate of drug-likeness (QED) is 0.834. The fourth-order valence-electron chi connectivity index (χ4n) is 2.56. The summed E-state index contributed by atoms with van der Waals surface area (Å²) < 4.78 is 27.3. The number of hydrogen-bond acceptors (Lipinski definition) is 1. The number of nitrogens with one attached hydrogen (secondary N) is 1. The molecule has 1 unspecified atom stereocenters. The highest BCUT2D eigenvalue weighted by Crippen LogP contribution is 2.36. The second-order valence-electron chi connectivity index (χ2n) is 4.68. The maximum atomic E-state index is 13.8. The molecule has 2 aromatic rings. The maximum absolute atomic E-state index is 13.8. The van der Waals surface area contributed by atoms with Gasteiger partial charge >= 0.3 is 0 Å². The summed E-state index contributed by atoms with van der Waals surface area (Å²) in [6.07, 6.45) is 1.90. The molecule has 1 atom stereocenters. The average Bonchev–Trinajstić information content (AvgIpc) is 2.77. The average molecular weight is 324 g/mol. The van der Waals surface area contributed by atoms with E-state index in [9.17, 15) is 8.78 Å². The zero-order valence-electron chi connectivity index (χ0n) is 10.1. The van der Waals surface area contributed by atoms with Crippen LogP contribution in [0.4, 0.5) is 14.5 Å². The first-order valence-electron chi connectivity index (χ1n) is 6.14. The van der Waals surface area contributed by atoms with Crippen LogP contribution in [0.25, 0.3) is 0 Å². The lowest BCUT2D eigenvalue weighted by Gasteiger charge is -2.17. The van der Waals surface area contributed by atoms with Crippen LogP contribution < -0.4 is 5.32 Å². The molecule has 0 heterocycles. The molecule has 1 nitrogen and oxygen atoms in total. The standard InChI is InChI=1S/C15H12BrF2N/c16-12-7-10(17)8-13(18)15(12)19-14-6-5-9-3-1-2-4-11(9)14/h1-4,7-8,14,19H,5-6H2. The van der Waals surface area contributed by atoms with Gasteiger partial charge < -0.3 is 5.32 Å². The van der Waals surface area contributed by atoms with Crippen molar-refractivity contribution in [3.05, 3.63) is 63.6 Å². The Morgan fingerprint density at radius 3 is 2.74 bits per heavy atom. The molecule has 0 fully saturated rings. The summed E-state index contributed by atoms with van der Waals surface area (Å²) in [6, 6.07) is 10.4. The minimum absolute atomic E-state index is 0.0764. The molecular formula is C15H12BrF2N. The third-order valence-electron chi connectivity index (χ3n) is 3.46. The van der Waals surface area contributed by atoms with Gasteiger partial charge in [0.25, 0.3) is 0 Å². The largest absolute Gasteiger partial charge is 0.375 e. The van der Waals surface area contributed by atoms with Gasteiger partial charge in [0.2, 0.25) is 0 Å². The highest BCUT2D eigenvalue weighted by molar-refractivity contribution is 9.10. The van der Waals surface area contributed by atoms with Gasteiger partial charge in [-0.25, -0.2) is 8.78 Å². The topological polar surface area (TPSA) is 12.0 Å². The van der Waals surface area contributed by atoms with Gasteiger partial charge in [0.1, 0.15) is 11.6 Å². The van der Waals surface area contributed by atoms with Gasteiger partial charge in [-0.3, -0.25) is 0 Å². The lowest BCUT2D eigenvalue weighted by atomic mass is 10.1. The van der Waals surface area contributed by atoms with E-state index in [2.05, 4.69) is 33.4 Å². The summed E-state index contributed by atoms with van der Waals surface area (Å²) in [5, 5.41) is 3.17. The third-order valence-corrected chi connectivity index (χ3v) is 4.08. The van der Waals surface area contributed by atoms with Crippen molar-refractivity contribution in [2.24, 2.45) is 0 Å². The Hall–Kier alpha value is -1.42. The second kappa shape index (κ2) is 4.93. The lowest BCUT2D eigenvalue weighted by molar-refractivity contribution is 0.581. The number of halogens is 3. The Morgan fingerprint density at radius 1 is 1.16 bits per heavy atom. The summed E-state index contributed by atoms with van der Waals surface area (Å²) in [5.74, 6) is -1.15. The van der Waals surface area contributed by atoms with E-state index in [1.165, 1.54) is 17.2 Å². The molecule has 0 aromatic heterocycles. The second-order valence-corrected chi connectivity index (χ2v) is 5.53. The predicted octanol–water partition coefficient (Wildman–Crippen LogP) is 4.83. The van der Waals surface area contributed by atoms with Crippen molar-refractivity contribution in [1.29, 1.82) is 0 Å². The molecule has 0 saturated carbocycles. The first-order chi connectivity index (χ1) is 9.15. The normalized spacial score (nSPS) is 17.3. The molecule has 0 amide bonds. The molecule has 98 valence electrons. The van der Waals surface area contributed by atoms with E-state index in [0.717, 1.165) is 18.9 Å². The van der Waals surface area contributed by atoms with Crippen LogP contribution in [0.5, 0.6) is 0 Å². The SMILES string of the molecule is Fc1cc(F)c(NC2CCc3ccccc32)c(Br)c1. The summed E-state index contributed by atoms with van der Waals surface area (Å²) in [6.45, 7) is 0. The summed E-state index contributed by atoms with van der Waals surface area (Å²) >= 11 is 3.20. The van der Waals surface area contributed by atoms with Crippen molar-refractivity contribution in [2.45, 2.75) is 18.9 Å². The maximum Gasteiger partial charge on any atom is 0.150 e. The first-order valence-corrected chi connectivity index (χ1v) is 6.93. The van der Waals surface area contributed by atoms with E-state index < -0.39 is 11.6 Å². The molecule has 2 aromatic carbocycles. The van der Waals surface area contributed by atoms with Crippen molar-refractivity contribution < 1.29 is 8.78 Å². The van der Waals surface area contributed by atoms with E-state index in [4.69, 9.17) is 0 Å². The van der Waals surface area contributed by atoms with Gasteiger partial charge in [-0.2, -0.15) is 0 Å². The van der Waals surface area contributed by atoms with Crippen LogP contribution >= 0.6 is 15.9 Å². The molecule has 19 heavy (non-hydrogen) atoms. The zero-order chi connectivity index (χ0) is 13.4. The minimum atomic E-state index is -0.582. The van der Waals surface area contributed by atoms with Crippen LogP contribution in [0.3, 0.4) is 0 Å². The Kier molecular flexibility index (Phi) is 3.27. The smallest absolute Gasteiger partial charge is 0.150 e. The van der Waals surface area contributed by atoms with Gasteiger partial charge in [-0.05, 0) is 46.0 Å². The van der Waals surface area contributed by atoms with Crippen molar-refractivity contribution in [3.63, 3.8) is 0 Å². The summed E-state index contributed by atoms with van der Waals surface area (Å²) in [7, 11) is 0. The van der Waals surface area contributed by atoms with Crippen LogP contribution in [0.1, 0.15) is 23.6 Å². The van der Waals surface area contributed by atoms with Gasteiger partial charge in [0, 0.05) is 10.5 Å². The highest BCUT2D eigenvalue weighted by atomic mass is 79.9. The molecule has 1 aliphatic rings. The van der Waals surface area contributed by atoms with E-state index in [0.29, 0.717) is 10.2 Å². The molecule has 0 spiro atoms. The van der Waals surface area contributed by atoms with E-state index in [1.807, 2.05) is 12.1 Å². The molecule has 0 bridgehead atoms. The van der Waals surface area contributed by atoms with Crippen molar-refractivity contribution >= 4 is 21.6 Å². The first kappa shape index (κ1) is 12.6. The van der Waals surface area contributed by atoms with E-state index in [-0.39, 0.29) is 6.04 Å². The van der Waals surface area contributed by atoms with E-state index >= 15 is 0 Å². The molecule has 0 saturated heterocycles. The zero-order valence-corrected chi connectivity index (χ0v) is 11.7. The van der Waals surface area contributed by atoms with Crippen molar-refractivity contribution in [3.8, 4) is 0 Å². The van der Waals surface area contributed by atoms with Crippen molar-refractivity contribution in [1.82, 2.24) is 0 Å².